The molecule has 0 fully saturated rings. The van der Waals surface area contributed by atoms with Crippen molar-refractivity contribution in [2.75, 3.05) is 7.05 Å². The predicted molar refractivity (Wildman–Crippen MR) is 100.0 cm³/mol. The molecule has 0 heterocycles. The minimum absolute atomic E-state index is 0.221. The summed E-state index contributed by atoms with van der Waals surface area (Å²) in [6.45, 7) is 2.09. The highest BCUT2D eigenvalue weighted by Gasteiger charge is 2.05. The Morgan fingerprint density at radius 3 is 2.54 bits per heavy atom. The molecule has 0 aromatic heterocycles. The maximum absolute atomic E-state index is 14.1. The van der Waals surface area contributed by atoms with E-state index in [1.165, 1.54) is 6.07 Å². The van der Waals surface area contributed by atoms with Crippen LogP contribution in [0.5, 0.6) is 0 Å². The normalized spacial score (nSPS) is 12.7. The molecule has 0 spiro atoms. The summed E-state index contributed by atoms with van der Waals surface area (Å²) in [6.07, 6.45) is 6.50. The van der Waals surface area contributed by atoms with Gasteiger partial charge in [-0.2, -0.15) is 0 Å². The van der Waals surface area contributed by atoms with Crippen LogP contribution in [0.25, 0.3) is 5.57 Å². The van der Waals surface area contributed by atoms with Gasteiger partial charge in [0.15, 0.2) is 0 Å². The van der Waals surface area contributed by atoms with E-state index in [9.17, 15) is 4.39 Å². The summed E-state index contributed by atoms with van der Waals surface area (Å²) < 4.78 is 14.1. The average molecular weight is 319 g/mol. The first kappa shape index (κ1) is 17.7. The summed E-state index contributed by atoms with van der Waals surface area (Å²) in [7, 11) is 1.92. The molecular formula is C22H22FN. The van der Waals surface area contributed by atoms with Gasteiger partial charge in [0, 0.05) is 17.2 Å². The van der Waals surface area contributed by atoms with Crippen LogP contribution in [0.15, 0.2) is 72.8 Å². The smallest absolute Gasteiger partial charge is 0.131 e. The zero-order valence-corrected chi connectivity index (χ0v) is 14.1. The molecule has 24 heavy (non-hydrogen) atoms. The number of halogens is 1. The Morgan fingerprint density at radius 2 is 1.83 bits per heavy atom. The summed E-state index contributed by atoms with van der Waals surface area (Å²) in [5.41, 5.74) is 2.40. The molecule has 0 radical (unpaired) electrons. The van der Waals surface area contributed by atoms with E-state index < -0.39 is 0 Å². The van der Waals surface area contributed by atoms with Gasteiger partial charge in [-0.05, 0) is 56.3 Å². The Morgan fingerprint density at radius 1 is 1.12 bits per heavy atom. The lowest BCUT2D eigenvalue weighted by molar-refractivity contribution is 0.617. The van der Waals surface area contributed by atoms with Crippen molar-refractivity contribution in [3.05, 3.63) is 89.8 Å². The van der Waals surface area contributed by atoms with Crippen molar-refractivity contribution in [2.24, 2.45) is 0 Å². The van der Waals surface area contributed by atoms with Crippen LogP contribution < -0.4 is 5.32 Å². The highest BCUT2D eigenvalue weighted by Crippen LogP contribution is 2.20. The molecule has 0 aliphatic rings. The second kappa shape index (κ2) is 9.50. The fourth-order valence-corrected chi connectivity index (χ4v) is 2.16. The lowest BCUT2D eigenvalue weighted by atomic mass is 10.0. The third-order valence-electron chi connectivity index (χ3n) is 3.71. The van der Waals surface area contributed by atoms with Gasteiger partial charge in [-0.3, -0.25) is 0 Å². The van der Waals surface area contributed by atoms with E-state index in [4.69, 9.17) is 0 Å². The van der Waals surface area contributed by atoms with Crippen LogP contribution in [0.3, 0.4) is 0 Å². The molecule has 1 N–H and O–H groups in total. The Kier molecular flexibility index (Phi) is 7.01. The summed E-state index contributed by atoms with van der Waals surface area (Å²) in [5, 5.41) is 3.18. The molecule has 2 aromatic carbocycles. The second-order valence-corrected chi connectivity index (χ2v) is 5.53. The fraction of sp³-hybridized carbons (Fsp3) is 0.182. The predicted octanol–water partition coefficient (Wildman–Crippen LogP) is 4.82. The Labute approximate surface area is 143 Å². The van der Waals surface area contributed by atoms with Crippen molar-refractivity contribution in [3.63, 3.8) is 0 Å². The maximum atomic E-state index is 14.1. The second-order valence-electron chi connectivity index (χ2n) is 5.53. The zero-order chi connectivity index (χ0) is 17.2. The van der Waals surface area contributed by atoms with Gasteiger partial charge in [0.1, 0.15) is 5.82 Å². The average Bonchev–Trinajstić information content (AvgIpc) is 2.62. The van der Waals surface area contributed by atoms with Gasteiger partial charge in [0.2, 0.25) is 0 Å². The molecule has 1 nitrogen and oxygen atoms in total. The van der Waals surface area contributed by atoms with Crippen molar-refractivity contribution in [1.82, 2.24) is 5.32 Å². The lowest BCUT2D eigenvalue weighted by Gasteiger charge is -2.09. The Bertz CT molecular complexity index is 763. The molecule has 122 valence electrons. The molecule has 0 amide bonds. The topological polar surface area (TPSA) is 12.0 Å². The number of benzene rings is 2. The molecule has 2 rings (SSSR count). The first-order valence-electron chi connectivity index (χ1n) is 8.06. The number of allylic oxidation sites excluding steroid dienone is 3. The molecule has 0 bridgehead atoms. The standard InChI is InChI=1S/C22H22FN/c1-18(24-2)16-17-20(21-14-8-9-15-22(21)23)13-7-6-12-19-10-4-3-5-11-19/h3-5,7-11,13-15,17-18,24H,16H2,1-2H3/b13-7+,20-17+. The third kappa shape index (κ3) is 5.53. The molecule has 0 aliphatic carbocycles. The van der Waals surface area contributed by atoms with E-state index in [2.05, 4.69) is 24.1 Å². The van der Waals surface area contributed by atoms with Gasteiger partial charge < -0.3 is 5.32 Å². The van der Waals surface area contributed by atoms with Crippen molar-refractivity contribution < 1.29 is 4.39 Å². The van der Waals surface area contributed by atoms with Gasteiger partial charge >= 0.3 is 0 Å². The van der Waals surface area contributed by atoms with E-state index in [1.807, 2.05) is 55.6 Å². The highest BCUT2D eigenvalue weighted by molar-refractivity contribution is 5.75. The van der Waals surface area contributed by atoms with Crippen molar-refractivity contribution in [2.45, 2.75) is 19.4 Å². The molecular weight excluding hydrogens is 297 g/mol. The molecule has 2 heteroatoms. The number of hydrogen-bond acceptors (Lipinski definition) is 1. The third-order valence-corrected chi connectivity index (χ3v) is 3.71. The first-order valence-corrected chi connectivity index (χ1v) is 8.06. The van der Waals surface area contributed by atoms with Crippen LogP contribution >= 0.6 is 0 Å². The van der Waals surface area contributed by atoms with E-state index in [0.717, 1.165) is 17.6 Å². The lowest BCUT2D eigenvalue weighted by Crippen LogP contribution is -2.19. The molecule has 2 aromatic rings. The number of nitrogens with one attached hydrogen (secondary N) is 1. The summed E-state index contributed by atoms with van der Waals surface area (Å²) in [4.78, 5) is 0. The largest absolute Gasteiger partial charge is 0.317 e. The van der Waals surface area contributed by atoms with Gasteiger partial charge in [-0.15, -0.1) is 0 Å². The summed E-state index contributed by atoms with van der Waals surface area (Å²) >= 11 is 0. The highest BCUT2D eigenvalue weighted by atomic mass is 19.1. The van der Waals surface area contributed by atoms with Gasteiger partial charge in [0.25, 0.3) is 0 Å². The van der Waals surface area contributed by atoms with Crippen LogP contribution in [0.1, 0.15) is 24.5 Å². The van der Waals surface area contributed by atoms with E-state index in [-0.39, 0.29) is 5.82 Å². The fourth-order valence-electron chi connectivity index (χ4n) is 2.16. The summed E-state index contributed by atoms with van der Waals surface area (Å²) in [5.74, 6) is 5.86. The summed E-state index contributed by atoms with van der Waals surface area (Å²) in [6, 6.07) is 16.9. The van der Waals surface area contributed by atoms with Gasteiger partial charge in [0.05, 0.1) is 0 Å². The Balaban J connectivity index is 2.22. The van der Waals surface area contributed by atoms with Crippen molar-refractivity contribution >= 4 is 5.57 Å². The van der Waals surface area contributed by atoms with Crippen molar-refractivity contribution in [3.8, 4) is 11.8 Å². The van der Waals surface area contributed by atoms with E-state index in [1.54, 1.807) is 18.2 Å². The minimum atomic E-state index is -0.221. The van der Waals surface area contributed by atoms with Crippen LogP contribution in [0, 0.1) is 17.7 Å². The zero-order valence-electron chi connectivity index (χ0n) is 14.1. The minimum Gasteiger partial charge on any atom is -0.317 e. The monoisotopic (exact) mass is 319 g/mol. The molecule has 0 aliphatic heterocycles. The molecule has 1 unspecified atom stereocenters. The van der Waals surface area contributed by atoms with E-state index in [0.29, 0.717) is 11.6 Å². The van der Waals surface area contributed by atoms with Crippen molar-refractivity contribution in [1.29, 1.82) is 0 Å². The van der Waals surface area contributed by atoms with Crippen LogP contribution in [0.2, 0.25) is 0 Å². The van der Waals surface area contributed by atoms with E-state index >= 15 is 0 Å². The number of hydrogen-bond donors (Lipinski definition) is 1. The maximum Gasteiger partial charge on any atom is 0.131 e. The Hall–Kier alpha value is -2.63. The quantitative estimate of drug-likeness (QED) is 0.616. The van der Waals surface area contributed by atoms with Gasteiger partial charge in [-0.25, -0.2) is 4.39 Å². The SMILES string of the molecule is CNC(C)C/C=C(\C=C\C#Cc1ccccc1)c1ccccc1F. The van der Waals surface area contributed by atoms with Crippen LogP contribution in [-0.2, 0) is 0 Å². The molecule has 1 atom stereocenters. The van der Waals surface area contributed by atoms with Gasteiger partial charge in [-0.1, -0.05) is 54.3 Å². The number of rotatable bonds is 5. The first-order chi connectivity index (χ1) is 11.7. The molecule has 0 saturated heterocycles. The van der Waals surface area contributed by atoms with Crippen LogP contribution in [0.4, 0.5) is 4.39 Å². The van der Waals surface area contributed by atoms with Crippen LogP contribution in [-0.4, -0.2) is 13.1 Å². The molecule has 0 saturated carbocycles.